The Kier molecular flexibility index (Phi) is 4.61. The van der Waals surface area contributed by atoms with E-state index in [0.717, 1.165) is 18.8 Å². The average Bonchev–Trinajstić information content (AvgIpc) is 2.89. The van der Waals surface area contributed by atoms with Crippen molar-refractivity contribution >= 4 is 0 Å². The molecule has 1 aliphatic carbocycles. The molecule has 1 aliphatic rings. The molecule has 1 atom stereocenters. The van der Waals surface area contributed by atoms with E-state index < -0.39 is 0 Å². The van der Waals surface area contributed by atoms with Crippen LogP contribution in [0.15, 0.2) is 24.3 Å². The Morgan fingerprint density at radius 1 is 1.18 bits per heavy atom. The van der Waals surface area contributed by atoms with Gasteiger partial charge in [-0.25, -0.2) is 0 Å². The molecule has 1 nitrogen and oxygen atoms in total. The fraction of sp³-hybridized carbons (Fsp3) is 0.625. The Balaban J connectivity index is 1.83. The lowest BCUT2D eigenvalue weighted by atomic mass is 9.95. The van der Waals surface area contributed by atoms with Gasteiger partial charge in [-0.2, -0.15) is 0 Å². The molecule has 1 aromatic carbocycles. The molecule has 0 heterocycles. The Morgan fingerprint density at radius 2 is 1.82 bits per heavy atom. The third kappa shape index (κ3) is 3.57. The average molecular weight is 231 g/mol. The van der Waals surface area contributed by atoms with Crippen molar-refractivity contribution < 1.29 is 0 Å². The van der Waals surface area contributed by atoms with Gasteiger partial charge in [0.25, 0.3) is 0 Å². The van der Waals surface area contributed by atoms with Crippen LogP contribution in [-0.2, 0) is 6.42 Å². The van der Waals surface area contributed by atoms with Gasteiger partial charge in [-0.3, -0.25) is 0 Å². The van der Waals surface area contributed by atoms with E-state index in [0.29, 0.717) is 0 Å². The van der Waals surface area contributed by atoms with Gasteiger partial charge >= 0.3 is 0 Å². The quantitative estimate of drug-likeness (QED) is 0.806. The van der Waals surface area contributed by atoms with E-state index in [9.17, 15) is 0 Å². The summed E-state index contributed by atoms with van der Waals surface area (Å²) in [7, 11) is 0. The molecule has 1 saturated carbocycles. The van der Waals surface area contributed by atoms with Crippen LogP contribution in [0.1, 0.15) is 62.6 Å². The van der Waals surface area contributed by atoms with Crippen LogP contribution in [0.3, 0.4) is 0 Å². The van der Waals surface area contributed by atoms with Crippen LogP contribution >= 0.6 is 0 Å². The lowest BCUT2D eigenvalue weighted by Gasteiger charge is -2.15. The highest BCUT2D eigenvalue weighted by molar-refractivity contribution is 5.24. The highest BCUT2D eigenvalue weighted by Gasteiger charge is 2.16. The summed E-state index contributed by atoms with van der Waals surface area (Å²) in [6.07, 6.45) is 9.31. The molecular formula is C16H25N. The second-order valence-corrected chi connectivity index (χ2v) is 5.43. The van der Waals surface area contributed by atoms with Crippen LogP contribution in [0.2, 0.25) is 0 Å². The topological polar surface area (TPSA) is 26.0 Å². The standard InChI is InChI=1S/C16H25N/c1-2-13-7-10-15(11-8-13)16(17)12-9-14-5-3-4-6-14/h7-8,10-11,14,16H,2-6,9,12,17H2,1H3. The SMILES string of the molecule is CCc1ccc(C(N)CCC2CCCC2)cc1. The van der Waals surface area contributed by atoms with Gasteiger partial charge in [0.2, 0.25) is 0 Å². The van der Waals surface area contributed by atoms with Gasteiger partial charge in [-0.05, 0) is 36.3 Å². The zero-order chi connectivity index (χ0) is 12.1. The van der Waals surface area contributed by atoms with Crippen LogP contribution in [0.4, 0.5) is 0 Å². The van der Waals surface area contributed by atoms with E-state index in [1.165, 1.54) is 43.2 Å². The summed E-state index contributed by atoms with van der Waals surface area (Å²) in [4.78, 5) is 0. The first-order chi connectivity index (χ1) is 8.29. The maximum atomic E-state index is 6.26. The normalized spacial score (nSPS) is 18.5. The van der Waals surface area contributed by atoms with Gasteiger partial charge in [0, 0.05) is 6.04 Å². The minimum absolute atomic E-state index is 0.238. The van der Waals surface area contributed by atoms with Crippen molar-refractivity contribution in [3.8, 4) is 0 Å². The third-order valence-corrected chi connectivity index (χ3v) is 4.18. The lowest BCUT2D eigenvalue weighted by molar-refractivity contribution is 0.454. The molecule has 0 bridgehead atoms. The predicted molar refractivity (Wildman–Crippen MR) is 73.9 cm³/mol. The first-order valence-electron chi connectivity index (χ1n) is 7.14. The monoisotopic (exact) mass is 231 g/mol. The smallest absolute Gasteiger partial charge is 0.0294 e. The Morgan fingerprint density at radius 3 is 2.41 bits per heavy atom. The van der Waals surface area contributed by atoms with Crippen molar-refractivity contribution in [3.63, 3.8) is 0 Å². The van der Waals surface area contributed by atoms with Crippen LogP contribution in [-0.4, -0.2) is 0 Å². The van der Waals surface area contributed by atoms with Gasteiger partial charge < -0.3 is 5.73 Å². The summed E-state index contributed by atoms with van der Waals surface area (Å²) in [5.74, 6) is 0.955. The molecule has 94 valence electrons. The van der Waals surface area contributed by atoms with E-state index >= 15 is 0 Å². The molecule has 0 saturated heterocycles. The Bertz CT molecular complexity index is 322. The molecule has 2 N–H and O–H groups in total. The molecule has 1 fully saturated rings. The van der Waals surface area contributed by atoms with Crippen molar-refractivity contribution in [2.24, 2.45) is 11.7 Å². The molecule has 0 spiro atoms. The van der Waals surface area contributed by atoms with Gasteiger partial charge in [-0.1, -0.05) is 56.9 Å². The minimum Gasteiger partial charge on any atom is -0.324 e. The molecule has 17 heavy (non-hydrogen) atoms. The Hall–Kier alpha value is -0.820. The highest BCUT2D eigenvalue weighted by atomic mass is 14.6. The molecule has 2 rings (SSSR count). The molecule has 0 amide bonds. The molecule has 0 aromatic heterocycles. The maximum absolute atomic E-state index is 6.26. The maximum Gasteiger partial charge on any atom is 0.0294 e. The summed E-state index contributed by atoms with van der Waals surface area (Å²) in [5.41, 5.74) is 8.97. The largest absolute Gasteiger partial charge is 0.324 e. The van der Waals surface area contributed by atoms with Crippen LogP contribution in [0.5, 0.6) is 0 Å². The Labute approximate surface area is 105 Å². The van der Waals surface area contributed by atoms with Gasteiger partial charge in [0.05, 0.1) is 0 Å². The molecule has 1 heteroatoms. The second kappa shape index (κ2) is 6.20. The predicted octanol–water partition coefficient (Wildman–Crippen LogP) is 4.22. The van der Waals surface area contributed by atoms with Crippen LogP contribution < -0.4 is 5.73 Å². The fourth-order valence-corrected chi connectivity index (χ4v) is 2.88. The van der Waals surface area contributed by atoms with Crippen molar-refractivity contribution in [3.05, 3.63) is 35.4 Å². The number of benzene rings is 1. The van der Waals surface area contributed by atoms with Crippen molar-refractivity contribution in [2.45, 2.75) is 57.9 Å². The molecule has 1 aromatic rings. The summed E-state index contributed by atoms with van der Waals surface area (Å²) >= 11 is 0. The first kappa shape index (κ1) is 12.6. The van der Waals surface area contributed by atoms with Gasteiger partial charge in [0.1, 0.15) is 0 Å². The molecule has 0 aliphatic heterocycles. The van der Waals surface area contributed by atoms with Gasteiger partial charge in [0.15, 0.2) is 0 Å². The van der Waals surface area contributed by atoms with E-state index in [4.69, 9.17) is 5.73 Å². The number of hydrogen-bond donors (Lipinski definition) is 1. The highest BCUT2D eigenvalue weighted by Crippen LogP contribution is 2.30. The van der Waals surface area contributed by atoms with Crippen molar-refractivity contribution in [1.29, 1.82) is 0 Å². The van der Waals surface area contributed by atoms with E-state index in [-0.39, 0.29) is 6.04 Å². The summed E-state index contributed by atoms with van der Waals surface area (Å²) in [5, 5.41) is 0. The zero-order valence-corrected chi connectivity index (χ0v) is 11.0. The summed E-state index contributed by atoms with van der Waals surface area (Å²) < 4.78 is 0. The number of hydrogen-bond acceptors (Lipinski definition) is 1. The number of rotatable bonds is 5. The fourth-order valence-electron chi connectivity index (χ4n) is 2.88. The zero-order valence-electron chi connectivity index (χ0n) is 11.0. The number of aryl methyl sites for hydroxylation is 1. The van der Waals surface area contributed by atoms with Crippen molar-refractivity contribution in [1.82, 2.24) is 0 Å². The molecule has 0 radical (unpaired) electrons. The van der Waals surface area contributed by atoms with E-state index in [1.54, 1.807) is 0 Å². The third-order valence-electron chi connectivity index (χ3n) is 4.18. The number of nitrogens with two attached hydrogens (primary N) is 1. The first-order valence-corrected chi connectivity index (χ1v) is 7.14. The minimum atomic E-state index is 0.238. The van der Waals surface area contributed by atoms with E-state index in [2.05, 4.69) is 31.2 Å². The van der Waals surface area contributed by atoms with Crippen LogP contribution in [0, 0.1) is 5.92 Å². The summed E-state index contributed by atoms with van der Waals surface area (Å²) in [6, 6.07) is 9.08. The lowest BCUT2D eigenvalue weighted by Crippen LogP contribution is -2.11. The van der Waals surface area contributed by atoms with E-state index in [1.807, 2.05) is 0 Å². The molecular weight excluding hydrogens is 206 g/mol. The van der Waals surface area contributed by atoms with Crippen molar-refractivity contribution in [2.75, 3.05) is 0 Å². The molecule has 1 unspecified atom stereocenters. The summed E-state index contributed by atoms with van der Waals surface area (Å²) in [6.45, 7) is 2.19. The van der Waals surface area contributed by atoms with Crippen LogP contribution in [0.25, 0.3) is 0 Å². The second-order valence-electron chi connectivity index (χ2n) is 5.43. The van der Waals surface area contributed by atoms with Gasteiger partial charge in [-0.15, -0.1) is 0 Å².